The lowest BCUT2D eigenvalue weighted by molar-refractivity contribution is 0.395. The van der Waals surface area contributed by atoms with E-state index in [1.807, 2.05) is 18.2 Å². The van der Waals surface area contributed by atoms with E-state index in [0.29, 0.717) is 16.6 Å². The van der Waals surface area contributed by atoms with Gasteiger partial charge in [-0.05, 0) is 43.3 Å². The normalized spacial score (nSPS) is 10.6. The number of hydrogen-bond donors (Lipinski definition) is 3. The van der Waals surface area contributed by atoms with E-state index in [-0.39, 0.29) is 0 Å². The number of hydrogen-bond acceptors (Lipinski definition) is 3. The molecule has 3 aromatic rings. The highest BCUT2D eigenvalue weighted by atomic mass is 32.1. The highest BCUT2D eigenvalue weighted by Crippen LogP contribution is 2.25. The molecule has 0 saturated heterocycles. The third-order valence-corrected chi connectivity index (χ3v) is 4.46. The van der Waals surface area contributed by atoms with Gasteiger partial charge in [-0.3, -0.25) is 0 Å². The zero-order valence-corrected chi connectivity index (χ0v) is 16.0. The topological polar surface area (TPSA) is 58.3 Å². The van der Waals surface area contributed by atoms with Crippen molar-refractivity contribution in [3.8, 4) is 11.5 Å². The Morgan fingerprint density at radius 1 is 1.08 bits per heavy atom. The molecule has 0 unspecified atom stereocenters. The summed E-state index contributed by atoms with van der Waals surface area (Å²) in [5.74, 6) is 1.42. The van der Waals surface area contributed by atoms with E-state index in [4.69, 9.17) is 21.7 Å². The number of H-pyrrole nitrogens is 1. The van der Waals surface area contributed by atoms with Crippen LogP contribution in [0.2, 0.25) is 0 Å². The van der Waals surface area contributed by atoms with Crippen LogP contribution >= 0.6 is 12.2 Å². The van der Waals surface area contributed by atoms with Crippen molar-refractivity contribution < 1.29 is 9.47 Å². The number of aromatic nitrogens is 1. The second-order valence-corrected chi connectivity index (χ2v) is 6.50. The lowest BCUT2D eigenvalue weighted by atomic mass is 10.1. The summed E-state index contributed by atoms with van der Waals surface area (Å²) >= 11 is 5.39. The molecule has 0 spiro atoms. The highest BCUT2D eigenvalue weighted by Gasteiger charge is 2.06. The predicted molar refractivity (Wildman–Crippen MR) is 111 cm³/mol. The highest BCUT2D eigenvalue weighted by molar-refractivity contribution is 7.80. The van der Waals surface area contributed by atoms with Crippen molar-refractivity contribution in [1.82, 2.24) is 10.3 Å². The largest absolute Gasteiger partial charge is 0.497 e. The van der Waals surface area contributed by atoms with Gasteiger partial charge >= 0.3 is 0 Å². The first-order valence-corrected chi connectivity index (χ1v) is 8.84. The van der Waals surface area contributed by atoms with Crippen LogP contribution in [0, 0.1) is 6.92 Å². The minimum absolute atomic E-state index is 0.566. The van der Waals surface area contributed by atoms with Crippen molar-refractivity contribution in [2.24, 2.45) is 0 Å². The number of benzene rings is 2. The molecule has 0 aliphatic carbocycles. The van der Waals surface area contributed by atoms with Gasteiger partial charge in [-0.15, -0.1) is 0 Å². The molecule has 0 aliphatic heterocycles. The minimum Gasteiger partial charge on any atom is -0.497 e. The molecule has 3 N–H and O–H groups in total. The van der Waals surface area contributed by atoms with Gasteiger partial charge in [0, 0.05) is 47.5 Å². The van der Waals surface area contributed by atoms with Crippen LogP contribution in [-0.4, -0.2) is 30.9 Å². The van der Waals surface area contributed by atoms with Crippen LogP contribution in [-0.2, 0) is 6.42 Å². The van der Waals surface area contributed by atoms with Crippen LogP contribution in [0.1, 0.15) is 11.1 Å². The van der Waals surface area contributed by atoms with E-state index in [1.54, 1.807) is 14.2 Å². The van der Waals surface area contributed by atoms with Gasteiger partial charge in [-0.25, -0.2) is 0 Å². The summed E-state index contributed by atoms with van der Waals surface area (Å²) in [6.07, 6.45) is 2.95. The zero-order chi connectivity index (χ0) is 18.5. The Morgan fingerprint density at radius 2 is 1.81 bits per heavy atom. The first-order chi connectivity index (χ1) is 12.6. The SMILES string of the molecule is COc1cc(NC(=S)NCCc2c[nH]c3ccc(C)cc23)cc(OC)c1. The fraction of sp³-hybridized carbons (Fsp3) is 0.250. The van der Waals surface area contributed by atoms with Crippen molar-refractivity contribution in [3.05, 3.63) is 53.7 Å². The van der Waals surface area contributed by atoms with Crippen molar-refractivity contribution in [2.75, 3.05) is 26.1 Å². The summed E-state index contributed by atoms with van der Waals surface area (Å²) in [6, 6.07) is 12.0. The quantitative estimate of drug-likeness (QED) is 0.573. The molecule has 0 saturated carbocycles. The maximum Gasteiger partial charge on any atom is 0.170 e. The molecule has 1 aromatic heterocycles. The summed E-state index contributed by atoms with van der Waals surface area (Å²) in [5.41, 5.74) is 4.52. The van der Waals surface area contributed by atoms with Gasteiger partial charge in [0.2, 0.25) is 0 Å². The second-order valence-electron chi connectivity index (χ2n) is 6.10. The molecule has 2 aromatic carbocycles. The van der Waals surface area contributed by atoms with Gasteiger partial charge < -0.3 is 25.1 Å². The molecule has 3 rings (SSSR count). The Morgan fingerprint density at radius 3 is 2.50 bits per heavy atom. The van der Waals surface area contributed by atoms with Gasteiger partial charge in [0.1, 0.15) is 11.5 Å². The molecule has 0 radical (unpaired) electrons. The number of rotatable bonds is 6. The summed E-state index contributed by atoms with van der Waals surface area (Å²) < 4.78 is 10.5. The summed E-state index contributed by atoms with van der Waals surface area (Å²) in [6.45, 7) is 2.85. The smallest absolute Gasteiger partial charge is 0.170 e. The average molecular weight is 369 g/mol. The number of anilines is 1. The first kappa shape index (κ1) is 18.1. The van der Waals surface area contributed by atoms with Crippen molar-refractivity contribution in [3.63, 3.8) is 0 Å². The third-order valence-electron chi connectivity index (χ3n) is 4.21. The average Bonchev–Trinajstić information content (AvgIpc) is 3.03. The Balaban J connectivity index is 1.58. The van der Waals surface area contributed by atoms with E-state index in [2.05, 4.69) is 46.9 Å². The molecule has 0 amide bonds. The Bertz CT molecular complexity index is 898. The standard InChI is InChI=1S/C20H23N3O2S/c1-13-4-5-19-18(8-13)14(12-22-19)6-7-21-20(26)23-15-9-16(24-2)11-17(10-15)25-3/h4-5,8-12,22H,6-7H2,1-3H3,(H2,21,23,26). The molecular weight excluding hydrogens is 346 g/mol. The van der Waals surface area contributed by atoms with Crippen LogP contribution in [0.3, 0.4) is 0 Å². The minimum atomic E-state index is 0.566. The van der Waals surface area contributed by atoms with Crippen LogP contribution in [0.25, 0.3) is 10.9 Å². The molecule has 0 atom stereocenters. The van der Waals surface area contributed by atoms with E-state index >= 15 is 0 Å². The predicted octanol–water partition coefficient (Wildman–Crippen LogP) is 4.02. The van der Waals surface area contributed by atoms with Crippen molar-refractivity contribution >= 4 is 33.9 Å². The molecule has 0 fully saturated rings. The number of aryl methyl sites for hydroxylation is 1. The number of thiocarbonyl (C=S) groups is 1. The zero-order valence-electron chi connectivity index (χ0n) is 15.2. The van der Waals surface area contributed by atoms with Gasteiger partial charge in [0.15, 0.2) is 5.11 Å². The lowest BCUT2D eigenvalue weighted by Crippen LogP contribution is -2.30. The number of fused-ring (bicyclic) bond motifs is 1. The van der Waals surface area contributed by atoms with E-state index in [1.165, 1.54) is 16.5 Å². The molecule has 26 heavy (non-hydrogen) atoms. The van der Waals surface area contributed by atoms with Gasteiger partial charge in [0.05, 0.1) is 14.2 Å². The Labute approximate surface area is 158 Å². The first-order valence-electron chi connectivity index (χ1n) is 8.43. The van der Waals surface area contributed by atoms with Crippen LogP contribution in [0.5, 0.6) is 11.5 Å². The van der Waals surface area contributed by atoms with E-state index < -0.39 is 0 Å². The van der Waals surface area contributed by atoms with Gasteiger partial charge in [-0.2, -0.15) is 0 Å². The summed E-state index contributed by atoms with van der Waals surface area (Å²) in [4.78, 5) is 3.31. The van der Waals surface area contributed by atoms with Crippen LogP contribution in [0.15, 0.2) is 42.6 Å². The monoisotopic (exact) mass is 369 g/mol. The molecule has 136 valence electrons. The Kier molecular flexibility index (Phi) is 5.63. The summed E-state index contributed by atoms with van der Waals surface area (Å²) in [5, 5.41) is 8.25. The number of ether oxygens (including phenoxy) is 2. The molecule has 6 heteroatoms. The van der Waals surface area contributed by atoms with Crippen LogP contribution in [0.4, 0.5) is 5.69 Å². The van der Waals surface area contributed by atoms with Crippen molar-refractivity contribution in [1.29, 1.82) is 0 Å². The third kappa shape index (κ3) is 4.26. The Hall–Kier alpha value is -2.73. The van der Waals surface area contributed by atoms with Gasteiger partial charge in [-0.1, -0.05) is 11.6 Å². The lowest BCUT2D eigenvalue weighted by Gasteiger charge is -2.13. The maximum atomic E-state index is 5.39. The van der Waals surface area contributed by atoms with Crippen LogP contribution < -0.4 is 20.1 Å². The maximum absolute atomic E-state index is 5.39. The summed E-state index contributed by atoms with van der Waals surface area (Å²) in [7, 11) is 3.25. The van der Waals surface area contributed by atoms with E-state index in [9.17, 15) is 0 Å². The number of nitrogens with one attached hydrogen (secondary N) is 3. The van der Waals surface area contributed by atoms with Gasteiger partial charge in [0.25, 0.3) is 0 Å². The molecule has 0 bridgehead atoms. The molecule has 5 nitrogen and oxygen atoms in total. The molecule has 1 heterocycles. The van der Waals surface area contributed by atoms with Crippen molar-refractivity contribution in [2.45, 2.75) is 13.3 Å². The number of aromatic amines is 1. The fourth-order valence-electron chi connectivity index (χ4n) is 2.86. The van der Waals surface area contributed by atoms with E-state index in [0.717, 1.165) is 24.2 Å². The fourth-order valence-corrected chi connectivity index (χ4v) is 3.08. The number of methoxy groups -OCH3 is 2. The molecule has 0 aliphatic rings. The second kappa shape index (κ2) is 8.10. The molecular formula is C20H23N3O2S.